The van der Waals surface area contributed by atoms with E-state index >= 15 is 0 Å². The predicted molar refractivity (Wildman–Crippen MR) is 460 cm³/mol. The summed E-state index contributed by atoms with van der Waals surface area (Å²) in [5, 5.41) is 10.7. The van der Waals surface area contributed by atoms with E-state index in [0.717, 1.165) is 89.9 Å². The molecule has 0 amide bonds. The molecule has 0 aliphatic carbocycles. The predicted octanol–water partition coefficient (Wildman–Crippen LogP) is 28.9. The number of hydrogen-bond donors (Lipinski definition) is 3. The number of phosphoric ester groups is 2. The standard InChI is InChI=1S/C92H180O17P2/c1-5-9-13-17-21-25-29-33-36-39-41-43-45-47-49-52-55-59-63-67-71-75-79-92(97)109-88(83-103-90(95)77-73-69-65-61-57-53-51-48-46-44-42-40-37-34-30-26-22-18-14-10-6-2)85-107-111(100,101)105-81-86(93)80-104-110(98,99)106-84-87(82-102-89(94)76-72-68-64-60-56-32-28-24-20-16-12-8-4)108-91(96)78-74-70-66-62-58-54-50-38-35-31-27-23-19-15-11-7-3/h86-88,93H,5-85H2,1-4H3,(H,98,99)(H,100,101)/t86-,87+,88+/m0/s1. The van der Waals surface area contributed by atoms with Crippen LogP contribution in [-0.4, -0.2) is 96.7 Å². The van der Waals surface area contributed by atoms with Crippen molar-refractivity contribution in [3.8, 4) is 0 Å². The van der Waals surface area contributed by atoms with E-state index in [4.69, 9.17) is 37.0 Å². The lowest BCUT2D eigenvalue weighted by atomic mass is 10.0. The van der Waals surface area contributed by atoms with Gasteiger partial charge in [0, 0.05) is 25.7 Å². The largest absolute Gasteiger partial charge is 0.472 e. The van der Waals surface area contributed by atoms with Gasteiger partial charge in [0.05, 0.1) is 26.4 Å². The minimum atomic E-state index is -4.97. The van der Waals surface area contributed by atoms with Gasteiger partial charge in [-0.25, -0.2) is 9.13 Å². The number of carbonyl (C=O) groups is 4. The number of ether oxygens (including phenoxy) is 4. The first-order chi connectivity index (χ1) is 54.2. The molecule has 111 heavy (non-hydrogen) atoms. The Kier molecular flexibility index (Phi) is 84.4. The van der Waals surface area contributed by atoms with E-state index in [1.165, 1.54) is 340 Å². The maximum absolute atomic E-state index is 13.2. The van der Waals surface area contributed by atoms with Crippen molar-refractivity contribution in [3.05, 3.63) is 0 Å². The zero-order valence-corrected chi connectivity index (χ0v) is 74.7. The first-order valence-corrected chi connectivity index (χ1v) is 50.8. The minimum Gasteiger partial charge on any atom is -0.462 e. The highest BCUT2D eigenvalue weighted by Gasteiger charge is 2.31. The molecular weight excluding hydrogens is 1440 g/mol. The highest BCUT2D eigenvalue weighted by molar-refractivity contribution is 7.47. The van der Waals surface area contributed by atoms with Crippen molar-refractivity contribution in [2.45, 2.75) is 528 Å². The van der Waals surface area contributed by atoms with Gasteiger partial charge >= 0.3 is 39.5 Å². The van der Waals surface area contributed by atoms with Gasteiger partial charge in [-0.15, -0.1) is 0 Å². The van der Waals surface area contributed by atoms with Crippen LogP contribution in [-0.2, 0) is 65.4 Å². The van der Waals surface area contributed by atoms with Crippen LogP contribution >= 0.6 is 15.6 Å². The van der Waals surface area contributed by atoms with Crippen LogP contribution in [0.3, 0.4) is 0 Å². The Morgan fingerprint density at radius 1 is 0.216 bits per heavy atom. The van der Waals surface area contributed by atoms with E-state index in [-0.39, 0.29) is 25.7 Å². The van der Waals surface area contributed by atoms with Crippen molar-refractivity contribution in [3.63, 3.8) is 0 Å². The Labute approximate surface area is 683 Å². The van der Waals surface area contributed by atoms with E-state index in [1.54, 1.807) is 0 Å². The average Bonchev–Trinajstić information content (AvgIpc) is 0.942. The lowest BCUT2D eigenvalue weighted by Gasteiger charge is -2.21. The van der Waals surface area contributed by atoms with Gasteiger partial charge < -0.3 is 33.8 Å². The molecule has 3 N–H and O–H groups in total. The first kappa shape index (κ1) is 109. The van der Waals surface area contributed by atoms with Crippen LogP contribution in [0.15, 0.2) is 0 Å². The molecule has 0 aromatic heterocycles. The molecule has 0 rings (SSSR count). The summed E-state index contributed by atoms with van der Waals surface area (Å²) in [6, 6.07) is 0. The molecule has 0 saturated heterocycles. The number of esters is 4. The lowest BCUT2D eigenvalue weighted by Crippen LogP contribution is -2.30. The first-order valence-electron chi connectivity index (χ1n) is 47.8. The second kappa shape index (κ2) is 85.9. The van der Waals surface area contributed by atoms with Gasteiger partial charge in [0.1, 0.15) is 19.3 Å². The van der Waals surface area contributed by atoms with Crippen molar-refractivity contribution >= 4 is 39.5 Å². The normalized spacial score (nSPS) is 13.6. The van der Waals surface area contributed by atoms with Gasteiger partial charge in [0.15, 0.2) is 12.2 Å². The number of unbranched alkanes of at least 4 members (excludes halogenated alkanes) is 67. The average molecular weight is 1620 g/mol. The van der Waals surface area contributed by atoms with Crippen LogP contribution in [0.2, 0.25) is 0 Å². The summed E-state index contributed by atoms with van der Waals surface area (Å²) >= 11 is 0. The van der Waals surface area contributed by atoms with Crippen molar-refractivity contribution in [1.29, 1.82) is 0 Å². The molecule has 0 aliphatic heterocycles. The minimum absolute atomic E-state index is 0.109. The monoisotopic (exact) mass is 1620 g/mol. The highest BCUT2D eigenvalue weighted by Crippen LogP contribution is 2.45. The molecular formula is C92H180O17P2. The molecule has 0 radical (unpaired) electrons. The third-order valence-corrected chi connectivity index (χ3v) is 23.8. The van der Waals surface area contributed by atoms with E-state index < -0.39 is 97.5 Å². The van der Waals surface area contributed by atoms with E-state index in [2.05, 4.69) is 27.7 Å². The Hall–Kier alpha value is -1.94. The maximum Gasteiger partial charge on any atom is 0.472 e. The van der Waals surface area contributed by atoms with Crippen LogP contribution in [0.4, 0.5) is 0 Å². The summed E-state index contributed by atoms with van der Waals surface area (Å²) in [5.41, 5.74) is 0. The summed E-state index contributed by atoms with van der Waals surface area (Å²) in [4.78, 5) is 73.4. The van der Waals surface area contributed by atoms with E-state index in [0.29, 0.717) is 25.7 Å². The molecule has 660 valence electrons. The quantitative estimate of drug-likeness (QED) is 0.0222. The van der Waals surface area contributed by atoms with Gasteiger partial charge in [-0.2, -0.15) is 0 Å². The molecule has 2 unspecified atom stereocenters. The fraction of sp³-hybridized carbons (Fsp3) is 0.957. The molecule has 19 heteroatoms. The molecule has 17 nitrogen and oxygen atoms in total. The summed E-state index contributed by atoms with van der Waals surface area (Å²) in [7, 11) is -9.93. The maximum atomic E-state index is 13.2. The summed E-state index contributed by atoms with van der Waals surface area (Å²) in [5.74, 6) is -2.09. The SMILES string of the molecule is CCCCCCCCCCCCCCCCCCCCCCCCC(=O)O[C@H](COC(=O)CCCCCCCCCCCCCCCCCCCCCCC)COP(=O)(O)OC[C@@H](O)COP(=O)(O)OC[C@@H](COC(=O)CCCCCCCCCCCCCC)OC(=O)CCCCCCCCCCCCCCCCCC. The fourth-order valence-corrected chi connectivity index (χ4v) is 16.2. The van der Waals surface area contributed by atoms with Crippen LogP contribution in [0.5, 0.6) is 0 Å². The van der Waals surface area contributed by atoms with Gasteiger partial charge in [0.2, 0.25) is 0 Å². The van der Waals surface area contributed by atoms with Crippen LogP contribution in [0.25, 0.3) is 0 Å². The second-order valence-electron chi connectivity index (χ2n) is 33.1. The summed E-state index contributed by atoms with van der Waals surface area (Å²) < 4.78 is 69.1. The summed E-state index contributed by atoms with van der Waals surface area (Å²) in [6.45, 7) is 5.09. The number of hydrogen-bond acceptors (Lipinski definition) is 15. The van der Waals surface area contributed by atoms with Gasteiger partial charge in [-0.3, -0.25) is 37.3 Å². The zero-order valence-electron chi connectivity index (χ0n) is 73.0. The molecule has 0 spiro atoms. The summed E-state index contributed by atoms with van der Waals surface area (Å²) in [6.07, 6.45) is 83.5. The molecule has 0 aromatic rings. The van der Waals surface area contributed by atoms with Crippen LogP contribution < -0.4 is 0 Å². The van der Waals surface area contributed by atoms with E-state index in [9.17, 15) is 43.2 Å². The Morgan fingerprint density at radius 3 is 0.532 bits per heavy atom. The van der Waals surface area contributed by atoms with Crippen LogP contribution in [0, 0.1) is 0 Å². The van der Waals surface area contributed by atoms with Crippen molar-refractivity contribution < 1.29 is 80.2 Å². The molecule has 0 heterocycles. The lowest BCUT2D eigenvalue weighted by molar-refractivity contribution is -0.161. The van der Waals surface area contributed by atoms with Gasteiger partial charge in [-0.05, 0) is 25.7 Å². The Morgan fingerprint density at radius 2 is 0.360 bits per heavy atom. The Bertz CT molecular complexity index is 2090. The third-order valence-electron chi connectivity index (χ3n) is 21.9. The topological polar surface area (TPSA) is 237 Å². The van der Waals surface area contributed by atoms with Crippen molar-refractivity contribution in [2.75, 3.05) is 39.6 Å². The number of rotatable bonds is 93. The molecule has 0 bridgehead atoms. The van der Waals surface area contributed by atoms with Gasteiger partial charge in [0.25, 0.3) is 0 Å². The number of carbonyl (C=O) groups excluding carboxylic acids is 4. The van der Waals surface area contributed by atoms with Crippen LogP contribution in [0.1, 0.15) is 509 Å². The van der Waals surface area contributed by atoms with Crippen molar-refractivity contribution in [1.82, 2.24) is 0 Å². The highest BCUT2D eigenvalue weighted by atomic mass is 31.2. The third kappa shape index (κ3) is 85.8. The molecule has 5 atom stereocenters. The van der Waals surface area contributed by atoms with Gasteiger partial charge in [-0.1, -0.05) is 458 Å². The number of aliphatic hydroxyl groups excluding tert-OH is 1. The van der Waals surface area contributed by atoms with E-state index in [1.807, 2.05) is 0 Å². The number of aliphatic hydroxyl groups is 1. The van der Waals surface area contributed by atoms with Crippen molar-refractivity contribution in [2.24, 2.45) is 0 Å². The molecule has 0 fully saturated rings. The zero-order chi connectivity index (χ0) is 81.0. The fourth-order valence-electron chi connectivity index (χ4n) is 14.6. The molecule has 0 aromatic carbocycles. The number of phosphoric acid groups is 2. The Balaban J connectivity index is 5.23. The second-order valence-corrected chi connectivity index (χ2v) is 36.0. The molecule has 0 aliphatic rings. The smallest absolute Gasteiger partial charge is 0.462 e. The molecule has 0 saturated carbocycles.